The van der Waals surface area contributed by atoms with Crippen molar-refractivity contribution in [1.29, 1.82) is 0 Å². The fourth-order valence-electron chi connectivity index (χ4n) is 5.03. The predicted octanol–water partition coefficient (Wildman–Crippen LogP) is 6.64. The van der Waals surface area contributed by atoms with Crippen LogP contribution in [0.4, 0.5) is 0 Å². The molecule has 0 spiro atoms. The summed E-state index contributed by atoms with van der Waals surface area (Å²) in [4.78, 5) is 27.7. The van der Waals surface area contributed by atoms with Crippen molar-refractivity contribution in [3.63, 3.8) is 0 Å². The molecular weight excluding hydrogens is 492 g/mol. The van der Waals surface area contributed by atoms with Crippen LogP contribution in [0.2, 0.25) is 0 Å². The summed E-state index contributed by atoms with van der Waals surface area (Å²) >= 11 is 1.57. The number of allylic oxidation sites excluding steroid dienone is 4. The molecule has 0 saturated carbocycles. The van der Waals surface area contributed by atoms with Crippen LogP contribution in [-0.2, 0) is 11.3 Å². The van der Waals surface area contributed by atoms with Crippen LogP contribution >= 0.6 is 11.8 Å². The van der Waals surface area contributed by atoms with E-state index in [1.165, 1.54) is 12.0 Å². The lowest BCUT2D eigenvalue weighted by Gasteiger charge is -2.26. The van der Waals surface area contributed by atoms with Crippen molar-refractivity contribution in [2.75, 3.05) is 18.6 Å². The Kier molecular flexibility index (Phi) is 11.4. The third-order valence-electron chi connectivity index (χ3n) is 7.15. The number of likely N-dealkylation sites (tertiary alicyclic amines) is 1. The second-order valence-corrected chi connectivity index (χ2v) is 10.8. The van der Waals surface area contributed by atoms with Gasteiger partial charge in [-0.25, -0.2) is 4.79 Å². The zero-order chi connectivity index (χ0) is 27.5. The Labute approximate surface area is 231 Å². The van der Waals surface area contributed by atoms with Crippen LogP contribution in [0.5, 0.6) is 0 Å². The smallest absolute Gasteiger partial charge is 0.326 e. The second kappa shape index (κ2) is 14.7. The molecule has 2 N–H and O–H groups in total. The molecule has 1 fully saturated rings. The van der Waals surface area contributed by atoms with Gasteiger partial charge < -0.3 is 10.4 Å². The lowest BCUT2D eigenvalue weighted by molar-refractivity contribution is -0.139. The van der Waals surface area contributed by atoms with Crippen LogP contribution < -0.4 is 5.32 Å². The van der Waals surface area contributed by atoms with Gasteiger partial charge in [-0.2, -0.15) is 11.8 Å². The van der Waals surface area contributed by atoms with Gasteiger partial charge >= 0.3 is 5.97 Å². The summed E-state index contributed by atoms with van der Waals surface area (Å²) < 4.78 is 0. The minimum atomic E-state index is -1.01. The lowest BCUT2D eigenvalue weighted by Crippen LogP contribution is -2.41. The van der Waals surface area contributed by atoms with E-state index in [4.69, 9.17) is 0 Å². The third kappa shape index (κ3) is 7.95. The number of hydrogen-bond acceptors (Lipinski definition) is 4. The largest absolute Gasteiger partial charge is 0.480 e. The minimum Gasteiger partial charge on any atom is -0.480 e. The first-order valence-electron chi connectivity index (χ1n) is 13.3. The average molecular weight is 533 g/mol. The highest BCUT2D eigenvalue weighted by molar-refractivity contribution is 7.98. The fourth-order valence-corrected chi connectivity index (χ4v) is 5.50. The molecule has 1 amide bonds. The van der Waals surface area contributed by atoms with Crippen molar-refractivity contribution < 1.29 is 14.7 Å². The number of aliphatic carboxylic acids is 1. The molecule has 1 heterocycles. The predicted molar refractivity (Wildman–Crippen MR) is 160 cm³/mol. The summed E-state index contributed by atoms with van der Waals surface area (Å²) in [5.74, 6) is -0.699. The molecular formula is C32H40N2O3S. The summed E-state index contributed by atoms with van der Waals surface area (Å²) in [5.41, 5.74) is 5.85. The first-order valence-corrected chi connectivity index (χ1v) is 14.7. The summed E-state index contributed by atoms with van der Waals surface area (Å²) in [6.45, 7) is 9.75. The van der Waals surface area contributed by atoms with Crippen molar-refractivity contribution in [3.8, 4) is 11.1 Å². The van der Waals surface area contributed by atoms with Crippen LogP contribution in [0.15, 0.2) is 78.9 Å². The zero-order valence-corrected chi connectivity index (χ0v) is 23.6. The maximum absolute atomic E-state index is 13.4. The van der Waals surface area contributed by atoms with E-state index in [0.29, 0.717) is 23.8 Å². The molecule has 6 heteroatoms. The Morgan fingerprint density at radius 2 is 2.03 bits per heavy atom. The highest BCUT2D eigenvalue weighted by Crippen LogP contribution is 2.31. The molecule has 2 aromatic carbocycles. The number of aryl methyl sites for hydroxylation is 1. The number of nitrogens with one attached hydrogen (secondary N) is 1. The Morgan fingerprint density at radius 3 is 2.71 bits per heavy atom. The average Bonchev–Trinajstić information content (AvgIpc) is 3.35. The normalized spacial score (nSPS) is 17.0. The molecule has 1 saturated heterocycles. The molecule has 202 valence electrons. The SMILES string of the molecule is C=C/C=C\C(=C/C)CC1CCCN1Cc1ccc(C(=O)NC(CCSC)C(=O)O)c(-c2ccccc2C)c1. The van der Waals surface area contributed by atoms with Gasteiger partial charge in [-0.05, 0) is 92.5 Å². The van der Waals surface area contributed by atoms with Crippen molar-refractivity contribution in [1.82, 2.24) is 10.2 Å². The van der Waals surface area contributed by atoms with Gasteiger partial charge in [0, 0.05) is 18.2 Å². The molecule has 2 atom stereocenters. The molecule has 38 heavy (non-hydrogen) atoms. The number of carboxylic acids is 1. The van der Waals surface area contributed by atoms with Gasteiger partial charge in [-0.1, -0.05) is 66.8 Å². The van der Waals surface area contributed by atoms with Gasteiger partial charge in [0.2, 0.25) is 0 Å². The topological polar surface area (TPSA) is 69.6 Å². The Bertz CT molecular complexity index is 1190. The van der Waals surface area contributed by atoms with E-state index in [1.54, 1.807) is 11.8 Å². The van der Waals surface area contributed by atoms with Crippen molar-refractivity contribution in [2.45, 2.75) is 58.2 Å². The van der Waals surface area contributed by atoms with Gasteiger partial charge in [0.05, 0.1) is 0 Å². The van der Waals surface area contributed by atoms with E-state index >= 15 is 0 Å². The van der Waals surface area contributed by atoms with Crippen LogP contribution in [0.25, 0.3) is 11.1 Å². The Morgan fingerprint density at radius 1 is 1.24 bits per heavy atom. The number of benzene rings is 2. The summed E-state index contributed by atoms with van der Waals surface area (Å²) in [7, 11) is 0. The molecule has 5 nitrogen and oxygen atoms in total. The highest BCUT2D eigenvalue weighted by atomic mass is 32.2. The number of thioether (sulfide) groups is 1. The standard InChI is InChI=1S/C32H40N2O3S/c1-5-7-12-24(6-2)20-26-13-10-18-34(26)22-25-15-16-28(29(21-25)27-14-9-8-11-23(27)3)31(35)33-30(32(36)37)17-19-38-4/h5-9,11-12,14-16,21,26,30H,1,10,13,17-20,22H2,2-4H3,(H,33,35)(H,36,37)/b12-7-,24-6+. The third-order valence-corrected chi connectivity index (χ3v) is 7.80. The summed E-state index contributed by atoms with van der Waals surface area (Å²) in [5, 5.41) is 12.4. The highest BCUT2D eigenvalue weighted by Gasteiger charge is 2.26. The maximum atomic E-state index is 13.4. The quantitative estimate of drug-likeness (QED) is 0.283. The number of hydrogen-bond donors (Lipinski definition) is 2. The number of rotatable bonds is 13. The van der Waals surface area contributed by atoms with Crippen LogP contribution in [-0.4, -0.2) is 52.5 Å². The van der Waals surface area contributed by atoms with Gasteiger partial charge in [-0.3, -0.25) is 9.69 Å². The Hall–Kier alpha value is -3.09. The van der Waals surface area contributed by atoms with E-state index in [2.05, 4.69) is 41.9 Å². The first kappa shape index (κ1) is 29.5. The van der Waals surface area contributed by atoms with Crippen LogP contribution in [0, 0.1) is 6.92 Å². The number of carbonyl (C=O) groups excluding carboxylic acids is 1. The number of carbonyl (C=O) groups is 2. The first-order chi connectivity index (χ1) is 18.4. The van der Waals surface area contributed by atoms with Gasteiger partial charge in [0.15, 0.2) is 0 Å². The van der Waals surface area contributed by atoms with Gasteiger partial charge in [-0.15, -0.1) is 0 Å². The molecule has 2 aromatic rings. The molecule has 0 bridgehead atoms. The summed E-state index contributed by atoms with van der Waals surface area (Å²) in [6, 6.07) is 13.5. The van der Waals surface area contributed by atoms with Crippen LogP contribution in [0.1, 0.15) is 54.1 Å². The van der Waals surface area contributed by atoms with E-state index in [9.17, 15) is 14.7 Å². The lowest BCUT2D eigenvalue weighted by atomic mass is 9.93. The zero-order valence-electron chi connectivity index (χ0n) is 22.8. The van der Waals surface area contributed by atoms with Gasteiger partial charge in [0.25, 0.3) is 5.91 Å². The molecule has 0 aliphatic carbocycles. The van der Waals surface area contributed by atoms with E-state index in [0.717, 1.165) is 48.2 Å². The van der Waals surface area contributed by atoms with Crippen molar-refractivity contribution >= 4 is 23.6 Å². The molecule has 3 rings (SSSR count). The van der Waals surface area contributed by atoms with E-state index in [-0.39, 0.29) is 5.91 Å². The molecule has 1 aliphatic rings. The number of nitrogens with zero attached hydrogens (tertiary/aromatic N) is 1. The van der Waals surface area contributed by atoms with Crippen molar-refractivity contribution in [2.24, 2.45) is 0 Å². The monoisotopic (exact) mass is 532 g/mol. The van der Waals surface area contributed by atoms with Crippen molar-refractivity contribution in [3.05, 3.63) is 95.6 Å². The van der Waals surface area contributed by atoms with E-state index in [1.807, 2.05) is 61.7 Å². The molecule has 0 aromatic heterocycles. The Balaban J connectivity index is 1.89. The van der Waals surface area contributed by atoms with Gasteiger partial charge in [0.1, 0.15) is 6.04 Å². The number of amides is 1. The second-order valence-electron chi connectivity index (χ2n) is 9.77. The minimum absolute atomic E-state index is 0.353. The molecule has 0 radical (unpaired) electrons. The molecule has 2 unspecified atom stereocenters. The van der Waals surface area contributed by atoms with E-state index < -0.39 is 12.0 Å². The maximum Gasteiger partial charge on any atom is 0.326 e. The fraction of sp³-hybridized carbons (Fsp3) is 0.375. The summed E-state index contributed by atoms with van der Waals surface area (Å²) in [6.07, 6.45) is 13.7. The number of carboxylic acid groups (broad SMARTS) is 1. The molecule has 1 aliphatic heterocycles. The van der Waals surface area contributed by atoms with Crippen LogP contribution in [0.3, 0.4) is 0 Å².